The predicted molar refractivity (Wildman–Crippen MR) is 64.7 cm³/mol. The second-order valence-corrected chi connectivity index (χ2v) is 5.55. The Balaban J connectivity index is 2.30. The summed E-state index contributed by atoms with van der Waals surface area (Å²) in [6.07, 6.45) is 2.00. The maximum absolute atomic E-state index is 11.1. The van der Waals surface area contributed by atoms with E-state index in [1.165, 1.54) is 0 Å². The first-order valence-electron chi connectivity index (χ1n) is 5.89. The predicted octanol–water partition coefficient (Wildman–Crippen LogP) is 2.32. The lowest BCUT2D eigenvalue weighted by molar-refractivity contribution is -0.146. The molecule has 92 valence electrons. The smallest absolute Gasteiger partial charge is 0.309 e. The van der Waals surface area contributed by atoms with Gasteiger partial charge in [-0.05, 0) is 44.2 Å². The number of hydrogen-bond acceptors (Lipinski definition) is 2. The Morgan fingerprint density at radius 3 is 2.47 bits per heavy atom. The van der Waals surface area contributed by atoms with Gasteiger partial charge in [0.1, 0.15) is 0 Å². The van der Waals surface area contributed by atoms with Gasteiger partial charge in [0, 0.05) is 0 Å². The van der Waals surface area contributed by atoms with Crippen LogP contribution in [0.15, 0.2) is 24.3 Å². The maximum atomic E-state index is 11.1. The molecule has 1 aromatic carbocycles. The fourth-order valence-electron chi connectivity index (χ4n) is 2.07. The lowest BCUT2D eigenvalue weighted by Gasteiger charge is -2.22. The van der Waals surface area contributed by atoms with Crippen LogP contribution in [0.5, 0.6) is 0 Å². The Labute approximate surface area is 101 Å². The van der Waals surface area contributed by atoms with E-state index in [0.29, 0.717) is 6.42 Å². The molecule has 0 atom stereocenters. The van der Waals surface area contributed by atoms with Crippen LogP contribution in [-0.2, 0) is 16.8 Å². The molecule has 1 aliphatic carbocycles. The Morgan fingerprint density at radius 2 is 1.94 bits per heavy atom. The Kier molecular flexibility index (Phi) is 2.74. The van der Waals surface area contributed by atoms with E-state index in [4.69, 9.17) is 5.11 Å². The lowest BCUT2D eigenvalue weighted by atomic mass is 9.83. The molecule has 1 saturated carbocycles. The van der Waals surface area contributed by atoms with Gasteiger partial charge in [-0.1, -0.05) is 24.3 Å². The summed E-state index contributed by atoms with van der Waals surface area (Å²) in [4.78, 5) is 11.1. The SMILES string of the molecule is CC(C)(Cc1ccccc1C1(O)CC1)C(=O)O. The minimum Gasteiger partial charge on any atom is -0.481 e. The van der Waals surface area contributed by atoms with Gasteiger partial charge in [-0.3, -0.25) is 4.79 Å². The second kappa shape index (κ2) is 3.84. The van der Waals surface area contributed by atoms with E-state index in [0.717, 1.165) is 24.0 Å². The van der Waals surface area contributed by atoms with Gasteiger partial charge in [-0.2, -0.15) is 0 Å². The third-order valence-corrected chi connectivity index (χ3v) is 3.45. The van der Waals surface area contributed by atoms with Crippen LogP contribution in [0.4, 0.5) is 0 Å². The standard InChI is InChI=1S/C14H18O3/c1-13(2,12(15)16)9-10-5-3-4-6-11(10)14(17)7-8-14/h3-6,17H,7-9H2,1-2H3,(H,15,16). The van der Waals surface area contributed by atoms with E-state index < -0.39 is 17.0 Å². The van der Waals surface area contributed by atoms with Gasteiger partial charge in [0.2, 0.25) is 0 Å². The van der Waals surface area contributed by atoms with Crippen molar-refractivity contribution in [3.05, 3.63) is 35.4 Å². The fourth-order valence-corrected chi connectivity index (χ4v) is 2.07. The highest BCUT2D eigenvalue weighted by Gasteiger charge is 2.44. The van der Waals surface area contributed by atoms with E-state index in [-0.39, 0.29) is 0 Å². The van der Waals surface area contributed by atoms with Crippen molar-refractivity contribution in [3.63, 3.8) is 0 Å². The Hall–Kier alpha value is -1.35. The summed E-state index contributed by atoms with van der Waals surface area (Å²) in [5, 5.41) is 19.3. The van der Waals surface area contributed by atoms with Crippen LogP contribution < -0.4 is 0 Å². The average Bonchev–Trinajstić information content (AvgIpc) is 2.97. The van der Waals surface area contributed by atoms with Gasteiger partial charge in [-0.25, -0.2) is 0 Å². The molecule has 0 saturated heterocycles. The number of aliphatic hydroxyl groups is 1. The minimum absolute atomic E-state index is 0.445. The summed E-state index contributed by atoms with van der Waals surface area (Å²) in [6.45, 7) is 3.42. The molecule has 2 N–H and O–H groups in total. The van der Waals surface area contributed by atoms with Gasteiger partial charge in [0.05, 0.1) is 11.0 Å². The largest absolute Gasteiger partial charge is 0.481 e. The number of rotatable bonds is 4. The molecular formula is C14H18O3. The highest BCUT2D eigenvalue weighted by atomic mass is 16.4. The van der Waals surface area contributed by atoms with Crippen molar-refractivity contribution in [1.82, 2.24) is 0 Å². The van der Waals surface area contributed by atoms with E-state index in [1.807, 2.05) is 24.3 Å². The lowest BCUT2D eigenvalue weighted by Crippen LogP contribution is -2.27. The molecule has 1 aromatic rings. The molecule has 0 spiro atoms. The highest BCUT2D eigenvalue weighted by molar-refractivity contribution is 5.74. The summed E-state index contributed by atoms with van der Waals surface area (Å²) in [7, 11) is 0. The van der Waals surface area contributed by atoms with Crippen molar-refractivity contribution in [2.45, 2.75) is 38.7 Å². The molecule has 0 aliphatic heterocycles. The first-order chi connectivity index (χ1) is 7.85. The van der Waals surface area contributed by atoms with Crippen molar-refractivity contribution in [2.75, 3.05) is 0 Å². The molecule has 1 fully saturated rings. The van der Waals surface area contributed by atoms with Crippen molar-refractivity contribution in [1.29, 1.82) is 0 Å². The number of benzene rings is 1. The van der Waals surface area contributed by atoms with Crippen LogP contribution in [0.3, 0.4) is 0 Å². The molecule has 0 heterocycles. The molecule has 1 aliphatic rings. The molecule has 0 bridgehead atoms. The highest BCUT2D eigenvalue weighted by Crippen LogP contribution is 2.47. The van der Waals surface area contributed by atoms with Crippen LogP contribution in [0, 0.1) is 5.41 Å². The van der Waals surface area contributed by atoms with Crippen LogP contribution in [0.1, 0.15) is 37.8 Å². The molecule has 3 heteroatoms. The molecule has 3 nitrogen and oxygen atoms in total. The van der Waals surface area contributed by atoms with Gasteiger partial charge in [0.25, 0.3) is 0 Å². The third-order valence-electron chi connectivity index (χ3n) is 3.45. The Morgan fingerprint density at radius 1 is 1.35 bits per heavy atom. The van der Waals surface area contributed by atoms with E-state index >= 15 is 0 Å². The summed E-state index contributed by atoms with van der Waals surface area (Å²) < 4.78 is 0. The van der Waals surface area contributed by atoms with E-state index in [1.54, 1.807) is 13.8 Å². The van der Waals surface area contributed by atoms with Crippen molar-refractivity contribution in [2.24, 2.45) is 5.41 Å². The molecule has 2 rings (SSSR count). The topological polar surface area (TPSA) is 57.5 Å². The molecular weight excluding hydrogens is 216 g/mol. The number of hydrogen-bond donors (Lipinski definition) is 2. The number of carboxylic acid groups (broad SMARTS) is 1. The first kappa shape index (κ1) is 12.1. The zero-order chi connectivity index (χ0) is 12.7. The quantitative estimate of drug-likeness (QED) is 0.840. The van der Waals surface area contributed by atoms with Crippen molar-refractivity contribution in [3.8, 4) is 0 Å². The number of aliphatic carboxylic acids is 1. The molecule has 0 unspecified atom stereocenters. The van der Waals surface area contributed by atoms with Crippen LogP contribution in [0.2, 0.25) is 0 Å². The van der Waals surface area contributed by atoms with E-state index in [2.05, 4.69) is 0 Å². The zero-order valence-electron chi connectivity index (χ0n) is 10.2. The second-order valence-electron chi connectivity index (χ2n) is 5.55. The normalized spacial score (nSPS) is 17.8. The van der Waals surface area contributed by atoms with Gasteiger partial charge in [-0.15, -0.1) is 0 Å². The summed E-state index contributed by atoms with van der Waals surface area (Å²) in [5.74, 6) is -0.810. The van der Waals surface area contributed by atoms with Crippen LogP contribution in [0.25, 0.3) is 0 Å². The monoisotopic (exact) mass is 234 g/mol. The van der Waals surface area contributed by atoms with E-state index in [9.17, 15) is 9.90 Å². The summed E-state index contributed by atoms with van der Waals surface area (Å²) >= 11 is 0. The minimum atomic E-state index is -0.810. The zero-order valence-corrected chi connectivity index (χ0v) is 10.2. The molecule has 0 aromatic heterocycles. The van der Waals surface area contributed by atoms with Gasteiger partial charge < -0.3 is 10.2 Å². The fraction of sp³-hybridized carbons (Fsp3) is 0.500. The Bertz CT molecular complexity index is 445. The van der Waals surface area contributed by atoms with Crippen LogP contribution >= 0.6 is 0 Å². The number of carbonyl (C=O) groups is 1. The van der Waals surface area contributed by atoms with Crippen molar-refractivity contribution < 1.29 is 15.0 Å². The average molecular weight is 234 g/mol. The van der Waals surface area contributed by atoms with Crippen LogP contribution in [-0.4, -0.2) is 16.2 Å². The maximum Gasteiger partial charge on any atom is 0.309 e. The number of carboxylic acids is 1. The van der Waals surface area contributed by atoms with Crippen molar-refractivity contribution >= 4 is 5.97 Å². The third kappa shape index (κ3) is 2.34. The van der Waals surface area contributed by atoms with Gasteiger partial charge >= 0.3 is 5.97 Å². The summed E-state index contributed by atoms with van der Waals surface area (Å²) in [5.41, 5.74) is 0.334. The molecule has 0 amide bonds. The molecule has 0 radical (unpaired) electrons. The summed E-state index contributed by atoms with van der Waals surface area (Å²) in [6, 6.07) is 7.60. The van der Waals surface area contributed by atoms with Gasteiger partial charge in [0.15, 0.2) is 0 Å². The first-order valence-corrected chi connectivity index (χ1v) is 5.89. The molecule has 17 heavy (non-hydrogen) atoms.